The van der Waals surface area contributed by atoms with Crippen molar-refractivity contribution in [2.45, 2.75) is 18.9 Å². The van der Waals surface area contributed by atoms with Gasteiger partial charge in [0.25, 0.3) is 0 Å². The van der Waals surface area contributed by atoms with Crippen LogP contribution in [0.2, 0.25) is 0 Å². The number of nitrogens with one attached hydrogen (secondary N) is 1. The van der Waals surface area contributed by atoms with E-state index in [1.165, 1.54) is 12.8 Å². The number of pyridine rings is 1. The maximum absolute atomic E-state index is 12.1. The Morgan fingerprint density at radius 1 is 1.39 bits per heavy atom. The SMILES string of the molecule is O=C(NC1CN2CCC1CC2)Oc1csc(-c2cccnc2)c1. The summed E-state index contributed by atoms with van der Waals surface area (Å²) in [6, 6.07) is 6.00. The Morgan fingerprint density at radius 2 is 2.26 bits per heavy atom. The van der Waals surface area contributed by atoms with Crippen LogP contribution >= 0.6 is 11.3 Å². The third-order valence-electron chi connectivity index (χ3n) is 4.69. The van der Waals surface area contributed by atoms with E-state index in [0.29, 0.717) is 11.7 Å². The molecular weight excluding hydrogens is 310 g/mol. The highest BCUT2D eigenvalue weighted by molar-refractivity contribution is 7.13. The summed E-state index contributed by atoms with van der Waals surface area (Å²) in [7, 11) is 0. The van der Waals surface area contributed by atoms with Crippen LogP contribution in [-0.2, 0) is 0 Å². The van der Waals surface area contributed by atoms with Gasteiger partial charge in [0, 0.05) is 40.8 Å². The fourth-order valence-corrected chi connectivity index (χ4v) is 4.25. The van der Waals surface area contributed by atoms with Crippen molar-refractivity contribution in [1.29, 1.82) is 0 Å². The first kappa shape index (κ1) is 14.7. The highest BCUT2D eigenvalue weighted by Crippen LogP contribution is 2.31. The third-order valence-corrected chi connectivity index (χ3v) is 5.65. The fourth-order valence-electron chi connectivity index (χ4n) is 3.45. The number of rotatable bonds is 3. The Balaban J connectivity index is 1.37. The molecule has 6 heteroatoms. The molecule has 1 N–H and O–H groups in total. The van der Waals surface area contributed by atoms with Crippen molar-refractivity contribution in [1.82, 2.24) is 15.2 Å². The number of fused-ring (bicyclic) bond motifs is 3. The molecule has 5 nitrogen and oxygen atoms in total. The van der Waals surface area contributed by atoms with Gasteiger partial charge in [0.15, 0.2) is 0 Å². The summed E-state index contributed by atoms with van der Waals surface area (Å²) >= 11 is 1.55. The number of nitrogens with zero attached hydrogens (tertiary/aromatic N) is 2. The minimum absolute atomic E-state index is 0.224. The number of ether oxygens (including phenoxy) is 1. The van der Waals surface area contributed by atoms with E-state index in [2.05, 4.69) is 15.2 Å². The normalized spacial score (nSPS) is 26.0. The minimum atomic E-state index is -0.348. The molecule has 3 fully saturated rings. The molecule has 3 saturated heterocycles. The van der Waals surface area contributed by atoms with Crippen molar-refractivity contribution in [3.63, 3.8) is 0 Å². The quantitative estimate of drug-likeness (QED) is 0.940. The Kier molecular flexibility index (Phi) is 4.01. The van der Waals surface area contributed by atoms with Gasteiger partial charge < -0.3 is 15.0 Å². The molecule has 0 aliphatic carbocycles. The number of piperidine rings is 3. The highest BCUT2D eigenvalue weighted by Gasteiger charge is 2.35. The van der Waals surface area contributed by atoms with Crippen LogP contribution in [0.4, 0.5) is 4.79 Å². The molecule has 0 radical (unpaired) electrons. The number of aromatic nitrogens is 1. The van der Waals surface area contributed by atoms with Gasteiger partial charge in [0.05, 0.1) is 0 Å². The number of carbonyl (C=O) groups is 1. The van der Waals surface area contributed by atoms with Gasteiger partial charge in [-0.3, -0.25) is 4.98 Å². The summed E-state index contributed by atoms with van der Waals surface area (Å²) in [5.41, 5.74) is 1.03. The lowest BCUT2D eigenvalue weighted by Gasteiger charge is -2.44. The molecular formula is C17H19N3O2S. The smallest absolute Gasteiger partial charge is 0.409 e. The molecule has 0 aromatic carbocycles. The van der Waals surface area contributed by atoms with Gasteiger partial charge in [-0.15, -0.1) is 11.3 Å². The number of hydrogen-bond donors (Lipinski definition) is 1. The van der Waals surface area contributed by atoms with Crippen molar-refractivity contribution < 1.29 is 9.53 Å². The summed E-state index contributed by atoms with van der Waals surface area (Å²) in [6.45, 7) is 3.28. The molecule has 23 heavy (non-hydrogen) atoms. The predicted molar refractivity (Wildman–Crippen MR) is 89.7 cm³/mol. The summed E-state index contributed by atoms with van der Waals surface area (Å²) in [5, 5.41) is 4.90. The zero-order valence-corrected chi connectivity index (χ0v) is 13.6. The van der Waals surface area contributed by atoms with E-state index < -0.39 is 0 Å². The number of carbonyl (C=O) groups excluding carboxylic acids is 1. The van der Waals surface area contributed by atoms with Crippen LogP contribution in [0.3, 0.4) is 0 Å². The van der Waals surface area contributed by atoms with Crippen LogP contribution < -0.4 is 10.1 Å². The second-order valence-electron chi connectivity index (χ2n) is 6.17. The van der Waals surface area contributed by atoms with Crippen molar-refractivity contribution >= 4 is 17.4 Å². The fraction of sp³-hybridized carbons (Fsp3) is 0.412. The largest absolute Gasteiger partial charge is 0.412 e. The molecule has 0 spiro atoms. The van der Waals surface area contributed by atoms with E-state index in [1.54, 1.807) is 17.5 Å². The standard InChI is InChI=1S/C17H19N3O2S/c21-17(19-15-10-20-6-3-12(15)4-7-20)22-14-8-16(23-11-14)13-2-1-5-18-9-13/h1-2,5,8-9,11-12,15H,3-4,6-7,10H2,(H,19,21). The van der Waals surface area contributed by atoms with Gasteiger partial charge in [0.2, 0.25) is 0 Å². The van der Waals surface area contributed by atoms with E-state index in [1.807, 2.05) is 29.8 Å². The van der Waals surface area contributed by atoms with Gasteiger partial charge in [-0.1, -0.05) is 6.07 Å². The van der Waals surface area contributed by atoms with Crippen LogP contribution in [0.5, 0.6) is 5.75 Å². The Morgan fingerprint density at radius 3 is 2.96 bits per heavy atom. The van der Waals surface area contributed by atoms with E-state index in [0.717, 1.165) is 30.1 Å². The summed E-state index contributed by atoms with van der Waals surface area (Å²) < 4.78 is 5.45. The van der Waals surface area contributed by atoms with Crippen LogP contribution in [-0.4, -0.2) is 41.7 Å². The molecule has 0 saturated carbocycles. The summed E-state index contributed by atoms with van der Waals surface area (Å²) in [6.07, 6.45) is 5.56. The maximum atomic E-state index is 12.1. The van der Waals surface area contributed by atoms with Crippen molar-refractivity contribution in [3.05, 3.63) is 36.0 Å². The molecule has 3 aliphatic heterocycles. The first-order valence-electron chi connectivity index (χ1n) is 7.97. The Labute approximate surface area is 139 Å². The topological polar surface area (TPSA) is 54.5 Å². The molecule has 5 heterocycles. The van der Waals surface area contributed by atoms with E-state index in [-0.39, 0.29) is 12.1 Å². The van der Waals surface area contributed by atoms with Gasteiger partial charge in [-0.05, 0) is 44.0 Å². The molecule has 3 aliphatic rings. The number of hydrogen-bond acceptors (Lipinski definition) is 5. The van der Waals surface area contributed by atoms with Gasteiger partial charge >= 0.3 is 6.09 Å². The molecule has 120 valence electrons. The van der Waals surface area contributed by atoms with Gasteiger partial charge in [-0.2, -0.15) is 0 Å². The maximum Gasteiger partial charge on any atom is 0.412 e. The van der Waals surface area contributed by atoms with Crippen LogP contribution in [0.1, 0.15) is 12.8 Å². The zero-order chi connectivity index (χ0) is 15.6. The van der Waals surface area contributed by atoms with E-state index in [9.17, 15) is 4.79 Å². The number of thiophene rings is 1. The van der Waals surface area contributed by atoms with Gasteiger partial charge in [-0.25, -0.2) is 4.79 Å². The molecule has 1 atom stereocenters. The molecule has 1 unspecified atom stereocenters. The second kappa shape index (κ2) is 6.29. The number of amides is 1. The molecule has 1 amide bonds. The van der Waals surface area contributed by atoms with Crippen molar-refractivity contribution in [3.8, 4) is 16.2 Å². The Bertz CT molecular complexity index is 680. The van der Waals surface area contributed by atoms with Crippen LogP contribution in [0, 0.1) is 5.92 Å². The van der Waals surface area contributed by atoms with E-state index in [4.69, 9.17) is 4.74 Å². The molecule has 2 aromatic heterocycles. The lowest BCUT2D eigenvalue weighted by molar-refractivity contribution is 0.0725. The summed E-state index contributed by atoms with van der Waals surface area (Å²) in [5.74, 6) is 1.19. The monoisotopic (exact) mass is 329 g/mol. The minimum Gasteiger partial charge on any atom is -0.409 e. The van der Waals surface area contributed by atoms with Crippen molar-refractivity contribution in [2.75, 3.05) is 19.6 Å². The lowest BCUT2D eigenvalue weighted by Crippen LogP contribution is -2.57. The Hall–Kier alpha value is -1.92. The molecule has 5 rings (SSSR count). The average Bonchev–Trinajstić information content (AvgIpc) is 3.05. The second-order valence-corrected chi connectivity index (χ2v) is 7.08. The predicted octanol–water partition coefficient (Wildman–Crippen LogP) is 2.99. The molecule has 2 aromatic rings. The van der Waals surface area contributed by atoms with E-state index >= 15 is 0 Å². The summed E-state index contributed by atoms with van der Waals surface area (Å²) in [4.78, 5) is 19.7. The third kappa shape index (κ3) is 3.23. The zero-order valence-electron chi connectivity index (χ0n) is 12.8. The average molecular weight is 329 g/mol. The lowest BCUT2D eigenvalue weighted by atomic mass is 9.84. The van der Waals surface area contributed by atoms with Crippen molar-refractivity contribution in [2.24, 2.45) is 5.92 Å². The first-order chi connectivity index (χ1) is 11.3. The first-order valence-corrected chi connectivity index (χ1v) is 8.85. The highest BCUT2D eigenvalue weighted by atomic mass is 32.1. The van der Waals surface area contributed by atoms with Crippen LogP contribution in [0.15, 0.2) is 36.0 Å². The van der Waals surface area contributed by atoms with Crippen LogP contribution in [0.25, 0.3) is 10.4 Å². The van der Waals surface area contributed by atoms with Gasteiger partial charge in [0.1, 0.15) is 5.75 Å². The molecule has 2 bridgehead atoms.